The second kappa shape index (κ2) is 6.58. The second-order valence-corrected chi connectivity index (χ2v) is 4.41. The summed E-state index contributed by atoms with van der Waals surface area (Å²) in [6.45, 7) is 2.27. The fraction of sp³-hybridized carbons (Fsp3) is 0.538. The highest BCUT2D eigenvalue weighted by Gasteiger charge is 2.12. The Morgan fingerprint density at radius 1 is 1.33 bits per heavy atom. The van der Waals surface area contributed by atoms with Crippen LogP contribution in [-0.2, 0) is 4.74 Å². The zero-order chi connectivity index (χ0) is 13.7. The van der Waals surface area contributed by atoms with Crippen LogP contribution < -0.4 is 4.90 Å². The van der Waals surface area contributed by atoms with Crippen LogP contribution in [-0.4, -0.2) is 48.7 Å². The normalized spacial score (nSPS) is 14.3. The Kier molecular flexibility index (Phi) is 5.40. The fourth-order valence-corrected chi connectivity index (χ4v) is 1.79. The lowest BCUT2D eigenvalue weighted by Crippen LogP contribution is -2.31. The Labute approximate surface area is 107 Å². The quantitative estimate of drug-likeness (QED) is 0.704. The molecule has 0 bridgehead atoms. The number of aromatic hydroxyl groups is 1. The van der Waals surface area contributed by atoms with E-state index in [1.165, 1.54) is 7.11 Å². The Morgan fingerprint density at radius 3 is 2.50 bits per heavy atom. The van der Waals surface area contributed by atoms with Crippen molar-refractivity contribution in [3.63, 3.8) is 0 Å². The first-order valence-electron chi connectivity index (χ1n) is 5.84. The van der Waals surface area contributed by atoms with Gasteiger partial charge in [-0.2, -0.15) is 0 Å². The number of likely N-dealkylation sites (N-methyl/N-ethyl adjacent to an activating group) is 1. The maximum absolute atomic E-state index is 9.77. The van der Waals surface area contributed by atoms with Gasteiger partial charge >= 0.3 is 0 Å². The molecule has 2 unspecified atom stereocenters. The van der Waals surface area contributed by atoms with Gasteiger partial charge in [-0.15, -0.1) is 0 Å². The number of methoxy groups -OCH3 is 1. The van der Waals surface area contributed by atoms with Crippen molar-refractivity contribution in [2.24, 2.45) is 0 Å². The second-order valence-electron chi connectivity index (χ2n) is 4.41. The van der Waals surface area contributed by atoms with Crippen LogP contribution in [0.1, 0.15) is 18.6 Å². The summed E-state index contributed by atoms with van der Waals surface area (Å²) in [6, 6.07) is 5.04. The maximum atomic E-state index is 9.77. The molecule has 5 heteroatoms. The molecule has 2 atom stereocenters. The van der Waals surface area contributed by atoms with Crippen LogP contribution in [0.5, 0.6) is 5.75 Å². The van der Waals surface area contributed by atoms with Gasteiger partial charge in [0.25, 0.3) is 0 Å². The number of hydrogen-bond donors (Lipinski definition) is 3. The molecule has 0 aliphatic carbocycles. The van der Waals surface area contributed by atoms with Crippen molar-refractivity contribution >= 4 is 5.69 Å². The lowest BCUT2D eigenvalue weighted by atomic mass is 10.1. The number of phenolic OH excluding ortho intramolecular Hbond substituents is 1. The summed E-state index contributed by atoms with van der Waals surface area (Å²) in [5.74, 6) is 0.0515. The van der Waals surface area contributed by atoms with Crippen LogP contribution in [0.15, 0.2) is 18.2 Å². The Bertz CT molecular complexity index is 381. The predicted octanol–water partition coefficient (Wildman–Crippen LogP) is 0.889. The summed E-state index contributed by atoms with van der Waals surface area (Å²) in [4.78, 5) is 1.81. The van der Waals surface area contributed by atoms with Crippen molar-refractivity contribution < 1.29 is 20.1 Å². The van der Waals surface area contributed by atoms with Crippen molar-refractivity contribution in [2.45, 2.75) is 19.1 Å². The number of hydrogen-bond acceptors (Lipinski definition) is 5. The number of nitrogens with zero attached hydrogens (tertiary/aromatic N) is 1. The van der Waals surface area contributed by atoms with Crippen molar-refractivity contribution in [1.29, 1.82) is 0 Å². The van der Waals surface area contributed by atoms with E-state index in [0.717, 1.165) is 5.69 Å². The number of anilines is 1. The molecule has 0 spiro atoms. The molecule has 0 aliphatic rings. The number of phenols is 1. The van der Waals surface area contributed by atoms with Crippen LogP contribution in [0, 0.1) is 0 Å². The van der Waals surface area contributed by atoms with E-state index in [1.54, 1.807) is 25.1 Å². The van der Waals surface area contributed by atoms with Crippen molar-refractivity contribution in [3.8, 4) is 5.75 Å². The molecule has 18 heavy (non-hydrogen) atoms. The van der Waals surface area contributed by atoms with Gasteiger partial charge in [-0.3, -0.25) is 0 Å². The van der Waals surface area contributed by atoms with E-state index in [0.29, 0.717) is 12.1 Å². The van der Waals surface area contributed by atoms with Crippen LogP contribution in [0.25, 0.3) is 0 Å². The lowest BCUT2D eigenvalue weighted by Gasteiger charge is -2.23. The van der Waals surface area contributed by atoms with Crippen LogP contribution >= 0.6 is 0 Å². The van der Waals surface area contributed by atoms with Crippen LogP contribution in [0.2, 0.25) is 0 Å². The third-order valence-electron chi connectivity index (χ3n) is 2.75. The van der Waals surface area contributed by atoms with Gasteiger partial charge < -0.3 is 25.0 Å². The van der Waals surface area contributed by atoms with Gasteiger partial charge in [-0.25, -0.2) is 0 Å². The standard InChI is InChI=1S/C13H21NO4/c1-9(15)12-5-4-10(6-13(12)17)14(2)7-11(16)8-18-3/h4-6,9,11,15-17H,7-8H2,1-3H3. The molecule has 5 nitrogen and oxygen atoms in total. The van der Waals surface area contributed by atoms with E-state index in [2.05, 4.69) is 0 Å². The first kappa shape index (κ1) is 14.8. The van der Waals surface area contributed by atoms with Crippen LogP contribution in [0.3, 0.4) is 0 Å². The van der Waals surface area contributed by atoms with Gasteiger partial charge in [0.15, 0.2) is 0 Å². The van der Waals surface area contributed by atoms with Crippen LogP contribution in [0.4, 0.5) is 5.69 Å². The number of benzene rings is 1. The van der Waals surface area contributed by atoms with Crippen molar-refractivity contribution in [1.82, 2.24) is 0 Å². The summed E-state index contributed by atoms with van der Waals surface area (Å²) < 4.78 is 4.86. The minimum Gasteiger partial charge on any atom is -0.507 e. The average molecular weight is 255 g/mol. The highest BCUT2D eigenvalue weighted by atomic mass is 16.5. The predicted molar refractivity (Wildman–Crippen MR) is 69.9 cm³/mol. The number of ether oxygens (including phenoxy) is 1. The zero-order valence-corrected chi connectivity index (χ0v) is 11.0. The summed E-state index contributed by atoms with van der Waals surface area (Å²) in [7, 11) is 3.35. The number of aliphatic hydroxyl groups excluding tert-OH is 2. The first-order valence-corrected chi connectivity index (χ1v) is 5.84. The highest BCUT2D eigenvalue weighted by Crippen LogP contribution is 2.28. The minimum absolute atomic E-state index is 0.0515. The molecule has 1 rings (SSSR count). The van der Waals surface area contributed by atoms with Crippen molar-refractivity contribution in [3.05, 3.63) is 23.8 Å². The molecular formula is C13H21NO4. The third kappa shape index (κ3) is 3.87. The summed E-state index contributed by atoms with van der Waals surface area (Å²) in [5.41, 5.74) is 1.26. The molecule has 0 heterocycles. The van der Waals surface area contributed by atoms with E-state index >= 15 is 0 Å². The average Bonchev–Trinajstić information content (AvgIpc) is 2.28. The van der Waals surface area contributed by atoms with E-state index in [-0.39, 0.29) is 12.4 Å². The SMILES string of the molecule is COCC(O)CN(C)c1ccc(C(C)O)c(O)c1. The molecule has 1 aromatic rings. The number of aliphatic hydroxyl groups is 2. The highest BCUT2D eigenvalue weighted by molar-refractivity contribution is 5.53. The zero-order valence-electron chi connectivity index (χ0n) is 11.0. The molecule has 0 aromatic heterocycles. The topological polar surface area (TPSA) is 73.2 Å². The molecule has 0 radical (unpaired) electrons. The molecule has 0 saturated heterocycles. The third-order valence-corrected chi connectivity index (χ3v) is 2.75. The van der Waals surface area contributed by atoms with Gasteiger partial charge in [0.2, 0.25) is 0 Å². The smallest absolute Gasteiger partial charge is 0.123 e. The monoisotopic (exact) mass is 255 g/mol. The largest absolute Gasteiger partial charge is 0.507 e. The van der Waals surface area contributed by atoms with Crippen molar-refractivity contribution in [2.75, 3.05) is 32.2 Å². The molecule has 1 aromatic carbocycles. The molecule has 3 N–H and O–H groups in total. The lowest BCUT2D eigenvalue weighted by molar-refractivity contribution is 0.0695. The molecular weight excluding hydrogens is 234 g/mol. The summed E-state index contributed by atoms with van der Waals surface area (Å²) >= 11 is 0. The summed E-state index contributed by atoms with van der Waals surface area (Å²) in [5, 5.41) is 28.8. The summed E-state index contributed by atoms with van der Waals surface area (Å²) in [6.07, 6.45) is -1.29. The van der Waals surface area contributed by atoms with Gasteiger partial charge in [0, 0.05) is 38.0 Å². The van der Waals surface area contributed by atoms with Gasteiger partial charge in [0.05, 0.1) is 18.8 Å². The fourth-order valence-electron chi connectivity index (χ4n) is 1.79. The van der Waals surface area contributed by atoms with Gasteiger partial charge in [0.1, 0.15) is 5.75 Å². The molecule has 0 aliphatic heterocycles. The Balaban J connectivity index is 2.75. The van der Waals surface area contributed by atoms with Gasteiger partial charge in [-0.1, -0.05) is 6.07 Å². The molecule has 0 fully saturated rings. The maximum Gasteiger partial charge on any atom is 0.123 e. The molecule has 0 amide bonds. The molecule has 0 saturated carbocycles. The minimum atomic E-state index is -0.705. The van der Waals surface area contributed by atoms with E-state index in [4.69, 9.17) is 4.74 Å². The van der Waals surface area contributed by atoms with E-state index in [9.17, 15) is 15.3 Å². The Morgan fingerprint density at radius 2 is 2.00 bits per heavy atom. The Hall–Kier alpha value is -1.30. The first-order chi connectivity index (χ1) is 8.45. The van der Waals surface area contributed by atoms with Gasteiger partial charge in [-0.05, 0) is 13.0 Å². The van der Waals surface area contributed by atoms with E-state index < -0.39 is 12.2 Å². The molecule has 102 valence electrons. The number of rotatable bonds is 6. The van der Waals surface area contributed by atoms with E-state index in [1.807, 2.05) is 11.9 Å².